The molecular weight excluding hydrogens is 328 g/mol. The van der Waals surface area contributed by atoms with E-state index >= 15 is 0 Å². The Balaban J connectivity index is 2.37. The first-order valence-corrected chi connectivity index (χ1v) is 8.81. The van der Waals surface area contributed by atoms with Crippen molar-refractivity contribution < 1.29 is 17.9 Å². The maximum absolute atomic E-state index is 12.6. The van der Waals surface area contributed by atoms with Crippen LogP contribution in [0.3, 0.4) is 0 Å². The number of ether oxygens (including phenoxy) is 1. The van der Waals surface area contributed by atoms with Crippen molar-refractivity contribution in [3.05, 3.63) is 28.8 Å². The molecule has 0 unspecified atom stereocenters. The van der Waals surface area contributed by atoms with Crippen LogP contribution in [0.2, 0.25) is 5.02 Å². The Bertz CT molecular complexity index is 669. The largest absolute Gasteiger partial charge is 0.465 e. The number of esters is 1. The van der Waals surface area contributed by atoms with Gasteiger partial charge in [0.05, 0.1) is 17.6 Å². The topological polar surface area (TPSA) is 98.5 Å². The van der Waals surface area contributed by atoms with Crippen LogP contribution in [-0.4, -0.2) is 33.6 Å². The number of hydrogen-bond acceptors (Lipinski definition) is 5. The second kappa shape index (κ2) is 6.54. The van der Waals surface area contributed by atoms with Crippen LogP contribution in [0.15, 0.2) is 23.1 Å². The van der Waals surface area contributed by atoms with Crippen LogP contribution in [0.5, 0.6) is 0 Å². The number of hydrogen-bond donors (Lipinski definition) is 2. The molecule has 1 aliphatic carbocycles. The first-order valence-electron chi connectivity index (χ1n) is 6.95. The quantitative estimate of drug-likeness (QED) is 0.790. The fraction of sp³-hybridized carbons (Fsp3) is 0.500. The third kappa shape index (κ3) is 3.60. The molecule has 8 heteroatoms. The maximum atomic E-state index is 12.6. The first-order chi connectivity index (χ1) is 10.3. The zero-order valence-corrected chi connectivity index (χ0v) is 13.8. The summed E-state index contributed by atoms with van der Waals surface area (Å²) in [6.07, 6.45) is 3.27. The summed E-state index contributed by atoms with van der Waals surface area (Å²) in [5.41, 5.74) is 5.22. The summed E-state index contributed by atoms with van der Waals surface area (Å²) in [6.45, 7) is 0.233. The molecule has 0 heterocycles. The highest BCUT2D eigenvalue weighted by atomic mass is 35.5. The summed E-state index contributed by atoms with van der Waals surface area (Å²) in [5.74, 6) is -0.645. The Hall–Kier alpha value is -1.15. The van der Waals surface area contributed by atoms with Crippen molar-refractivity contribution in [2.45, 2.75) is 36.1 Å². The standard InChI is InChI=1S/C14H19ClN2O4S/c1-21-13(18)10-6-11(15)8-12(7-10)22(19,20)17-14(9-16)4-2-3-5-14/h6-8,17H,2-5,9,16H2,1H3. The molecule has 3 N–H and O–H groups in total. The average Bonchev–Trinajstić information content (AvgIpc) is 2.94. The molecule has 1 aromatic carbocycles. The summed E-state index contributed by atoms with van der Waals surface area (Å²) in [5, 5.41) is 0.150. The minimum absolute atomic E-state index is 0.0693. The smallest absolute Gasteiger partial charge is 0.337 e. The lowest BCUT2D eigenvalue weighted by atomic mass is 10.0. The first kappa shape index (κ1) is 17.2. The van der Waals surface area contributed by atoms with Crippen LogP contribution in [0, 0.1) is 0 Å². The van der Waals surface area contributed by atoms with Crippen LogP contribution < -0.4 is 10.5 Å². The predicted octanol–water partition coefficient (Wildman–Crippen LogP) is 1.68. The second-order valence-corrected chi connectivity index (χ2v) is 7.58. The number of nitrogens with two attached hydrogens (primary N) is 1. The molecule has 1 aromatic rings. The van der Waals surface area contributed by atoms with E-state index in [-0.39, 0.29) is 22.0 Å². The SMILES string of the molecule is COC(=O)c1cc(Cl)cc(S(=O)(=O)NC2(CN)CCCC2)c1. The van der Waals surface area contributed by atoms with E-state index in [2.05, 4.69) is 9.46 Å². The molecule has 122 valence electrons. The van der Waals surface area contributed by atoms with Crippen molar-refractivity contribution >= 4 is 27.6 Å². The van der Waals surface area contributed by atoms with E-state index in [0.29, 0.717) is 12.8 Å². The van der Waals surface area contributed by atoms with Crippen molar-refractivity contribution in [1.82, 2.24) is 4.72 Å². The van der Waals surface area contributed by atoms with Crippen molar-refractivity contribution in [2.75, 3.05) is 13.7 Å². The Labute approximate surface area is 135 Å². The molecule has 6 nitrogen and oxygen atoms in total. The molecule has 1 fully saturated rings. The van der Waals surface area contributed by atoms with E-state index in [1.807, 2.05) is 0 Å². The molecular formula is C14H19ClN2O4S. The number of sulfonamides is 1. The summed E-state index contributed by atoms with van der Waals surface area (Å²) in [7, 11) is -2.60. The highest BCUT2D eigenvalue weighted by Gasteiger charge is 2.37. The van der Waals surface area contributed by atoms with Gasteiger partial charge in [0.15, 0.2) is 0 Å². The van der Waals surface area contributed by atoms with Crippen molar-refractivity contribution in [3.63, 3.8) is 0 Å². The van der Waals surface area contributed by atoms with E-state index in [0.717, 1.165) is 12.8 Å². The zero-order valence-electron chi connectivity index (χ0n) is 12.3. The van der Waals surface area contributed by atoms with Gasteiger partial charge in [0, 0.05) is 17.1 Å². The monoisotopic (exact) mass is 346 g/mol. The van der Waals surface area contributed by atoms with Gasteiger partial charge in [-0.05, 0) is 31.0 Å². The molecule has 22 heavy (non-hydrogen) atoms. The van der Waals surface area contributed by atoms with E-state index in [9.17, 15) is 13.2 Å². The summed E-state index contributed by atoms with van der Waals surface area (Å²) >= 11 is 5.92. The Morgan fingerprint density at radius 1 is 1.36 bits per heavy atom. The molecule has 2 rings (SSSR count). The van der Waals surface area contributed by atoms with Gasteiger partial charge in [-0.2, -0.15) is 0 Å². The highest BCUT2D eigenvalue weighted by molar-refractivity contribution is 7.89. The minimum atomic E-state index is -3.82. The lowest BCUT2D eigenvalue weighted by Gasteiger charge is -2.28. The Kier molecular flexibility index (Phi) is 5.11. The van der Waals surface area contributed by atoms with Crippen molar-refractivity contribution in [1.29, 1.82) is 0 Å². The third-order valence-corrected chi connectivity index (χ3v) is 5.68. The van der Waals surface area contributed by atoms with Crippen LogP contribution in [-0.2, 0) is 14.8 Å². The Morgan fingerprint density at radius 3 is 2.55 bits per heavy atom. The highest BCUT2D eigenvalue weighted by Crippen LogP contribution is 2.31. The van der Waals surface area contributed by atoms with Gasteiger partial charge >= 0.3 is 5.97 Å². The maximum Gasteiger partial charge on any atom is 0.337 e. The summed E-state index contributed by atoms with van der Waals surface area (Å²) < 4.78 is 32.5. The Morgan fingerprint density at radius 2 is 2.00 bits per heavy atom. The minimum Gasteiger partial charge on any atom is -0.465 e. The molecule has 1 saturated carbocycles. The van der Waals surface area contributed by atoms with E-state index in [4.69, 9.17) is 17.3 Å². The fourth-order valence-corrected chi connectivity index (χ4v) is 4.54. The molecule has 0 amide bonds. The van der Waals surface area contributed by atoms with Crippen LogP contribution in [0.4, 0.5) is 0 Å². The molecule has 0 atom stereocenters. The van der Waals surface area contributed by atoms with Crippen LogP contribution in [0.1, 0.15) is 36.0 Å². The molecule has 0 aromatic heterocycles. The number of benzene rings is 1. The van der Waals surface area contributed by atoms with E-state index in [1.165, 1.54) is 25.3 Å². The van der Waals surface area contributed by atoms with Gasteiger partial charge in [0.2, 0.25) is 10.0 Å². The number of rotatable bonds is 5. The second-order valence-electron chi connectivity index (χ2n) is 5.46. The van der Waals surface area contributed by atoms with Gasteiger partial charge in [0.25, 0.3) is 0 Å². The predicted molar refractivity (Wildman–Crippen MR) is 83.4 cm³/mol. The van der Waals surface area contributed by atoms with Gasteiger partial charge in [0.1, 0.15) is 0 Å². The lowest BCUT2D eigenvalue weighted by molar-refractivity contribution is 0.0600. The van der Waals surface area contributed by atoms with E-state index in [1.54, 1.807) is 0 Å². The normalized spacial score (nSPS) is 17.4. The third-order valence-electron chi connectivity index (χ3n) is 3.90. The van der Waals surface area contributed by atoms with Crippen molar-refractivity contribution in [3.8, 4) is 0 Å². The number of carbonyl (C=O) groups excluding carboxylic acids is 1. The van der Waals surface area contributed by atoms with Crippen molar-refractivity contribution in [2.24, 2.45) is 5.73 Å². The van der Waals surface area contributed by atoms with Gasteiger partial charge in [-0.25, -0.2) is 17.9 Å². The number of nitrogens with one attached hydrogen (secondary N) is 1. The summed E-state index contributed by atoms with van der Waals surface area (Å²) in [4.78, 5) is 11.5. The zero-order chi connectivity index (χ0) is 16.4. The summed E-state index contributed by atoms with van der Waals surface area (Å²) in [6, 6.07) is 3.91. The van der Waals surface area contributed by atoms with Gasteiger partial charge < -0.3 is 10.5 Å². The average molecular weight is 347 g/mol. The molecule has 0 spiro atoms. The fourth-order valence-electron chi connectivity index (χ4n) is 2.70. The molecule has 0 bridgehead atoms. The van der Waals surface area contributed by atoms with Crippen LogP contribution >= 0.6 is 11.6 Å². The molecule has 1 aliphatic rings. The van der Waals surface area contributed by atoms with Crippen LogP contribution in [0.25, 0.3) is 0 Å². The van der Waals surface area contributed by atoms with E-state index < -0.39 is 21.5 Å². The lowest BCUT2D eigenvalue weighted by Crippen LogP contribution is -2.51. The van der Waals surface area contributed by atoms with Gasteiger partial charge in [-0.1, -0.05) is 24.4 Å². The molecule has 0 radical (unpaired) electrons. The van der Waals surface area contributed by atoms with Gasteiger partial charge in [-0.3, -0.25) is 0 Å². The number of carbonyl (C=O) groups is 1. The molecule has 0 saturated heterocycles. The number of halogens is 1. The van der Waals surface area contributed by atoms with Gasteiger partial charge in [-0.15, -0.1) is 0 Å². The number of methoxy groups -OCH3 is 1. The molecule has 0 aliphatic heterocycles.